The van der Waals surface area contributed by atoms with Gasteiger partial charge in [0.15, 0.2) is 0 Å². The topological polar surface area (TPSA) is 47.0 Å². The maximum atomic E-state index is 12.9. The van der Waals surface area contributed by atoms with Gasteiger partial charge in [0.25, 0.3) is 0 Å². The van der Waals surface area contributed by atoms with Crippen molar-refractivity contribution in [2.45, 2.75) is 26.3 Å². The van der Waals surface area contributed by atoms with Crippen LogP contribution < -0.4 is 10.1 Å². The molecule has 1 atom stereocenters. The van der Waals surface area contributed by atoms with Crippen molar-refractivity contribution in [1.82, 2.24) is 9.97 Å². The number of aromatic nitrogens is 2. The van der Waals surface area contributed by atoms with Crippen LogP contribution in [0.1, 0.15) is 32.0 Å². The molecule has 2 aromatic heterocycles. The number of hydrogen-bond donors (Lipinski definition) is 1. The second-order valence-electron chi connectivity index (χ2n) is 4.30. The molecule has 2 aromatic rings. The Morgan fingerprint density at radius 3 is 2.75 bits per heavy atom. The third-order valence-electron chi connectivity index (χ3n) is 2.90. The molecular weight excluding hydrogens is 257 g/mol. The number of rotatable bonds is 6. The number of halogens is 1. The Hall–Kier alpha value is -2.17. The number of pyridine rings is 2. The zero-order valence-electron chi connectivity index (χ0n) is 11.6. The molecule has 0 saturated heterocycles. The molecule has 1 N–H and O–H groups in total. The summed E-state index contributed by atoms with van der Waals surface area (Å²) in [6, 6.07) is 6.84. The lowest BCUT2D eigenvalue weighted by Crippen LogP contribution is -2.12. The van der Waals surface area contributed by atoms with Crippen molar-refractivity contribution in [3.05, 3.63) is 48.2 Å². The third kappa shape index (κ3) is 3.44. The Bertz CT molecular complexity index is 545. The van der Waals surface area contributed by atoms with Gasteiger partial charge >= 0.3 is 0 Å². The summed E-state index contributed by atoms with van der Waals surface area (Å²) in [5.74, 6) is 0.232. The Balaban J connectivity index is 2.20. The summed E-state index contributed by atoms with van der Waals surface area (Å²) in [6.07, 6.45) is 3.73. The van der Waals surface area contributed by atoms with E-state index in [9.17, 15) is 4.39 Å². The van der Waals surface area contributed by atoms with Crippen LogP contribution in [0.25, 0.3) is 0 Å². The molecule has 106 valence electrons. The molecule has 0 spiro atoms. The predicted molar refractivity (Wildman–Crippen MR) is 76.3 cm³/mol. The first-order valence-electron chi connectivity index (χ1n) is 6.70. The smallest absolute Gasteiger partial charge is 0.237 e. The molecule has 1 unspecified atom stereocenters. The molecule has 2 rings (SSSR count). The van der Waals surface area contributed by atoms with Gasteiger partial charge in [-0.25, -0.2) is 9.37 Å². The van der Waals surface area contributed by atoms with E-state index >= 15 is 0 Å². The van der Waals surface area contributed by atoms with Crippen molar-refractivity contribution in [3.8, 4) is 5.88 Å². The van der Waals surface area contributed by atoms with Gasteiger partial charge in [0, 0.05) is 6.20 Å². The van der Waals surface area contributed by atoms with Crippen molar-refractivity contribution in [2.24, 2.45) is 0 Å². The number of ether oxygens (including phenoxy) is 1. The van der Waals surface area contributed by atoms with Gasteiger partial charge in [-0.05, 0) is 37.6 Å². The van der Waals surface area contributed by atoms with Gasteiger partial charge in [-0.3, -0.25) is 4.98 Å². The molecule has 0 radical (unpaired) electrons. The summed E-state index contributed by atoms with van der Waals surface area (Å²) in [6.45, 7) is 4.51. The summed E-state index contributed by atoms with van der Waals surface area (Å²) in [5.41, 5.74) is 1.60. The third-order valence-corrected chi connectivity index (χ3v) is 2.90. The highest BCUT2D eigenvalue weighted by Gasteiger charge is 2.13. The quantitative estimate of drug-likeness (QED) is 0.875. The summed E-state index contributed by atoms with van der Waals surface area (Å²) in [7, 11) is 0. The first-order valence-corrected chi connectivity index (χ1v) is 6.70. The van der Waals surface area contributed by atoms with Gasteiger partial charge in [-0.2, -0.15) is 0 Å². The maximum Gasteiger partial charge on any atom is 0.237 e. The fourth-order valence-electron chi connectivity index (χ4n) is 1.92. The molecule has 0 aliphatic heterocycles. The van der Waals surface area contributed by atoms with Crippen molar-refractivity contribution in [2.75, 3.05) is 11.9 Å². The van der Waals surface area contributed by atoms with Crippen molar-refractivity contribution < 1.29 is 9.13 Å². The highest BCUT2D eigenvalue weighted by Crippen LogP contribution is 2.27. The van der Waals surface area contributed by atoms with Crippen LogP contribution in [0.5, 0.6) is 5.88 Å². The lowest BCUT2D eigenvalue weighted by atomic mass is 10.1. The second-order valence-corrected chi connectivity index (χ2v) is 4.30. The largest absolute Gasteiger partial charge is 0.476 e. The highest BCUT2D eigenvalue weighted by atomic mass is 19.1. The fourth-order valence-corrected chi connectivity index (χ4v) is 1.92. The van der Waals surface area contributed by atoms with Gasteiger partial charge in [0.05, 0.1) is 30.2 Å². The molecular formula is C15H18FN3O. The Morgan fingerprint density at radius 1 is 1.25 bits per heavy atom. The van der Waals surface area contributed by atoms with Crippen LogP contribution in [-0.4, -0.2) is 16.6 Å². The molecule has 2 heterocycles. The first kappa shape index (κ1) is 14.2. The van der Waals surface area contributed by atoms with Gasteiger partial charge in [-0.1, -0.05) is 6.92 Å². The molecule has 0 aliphatic rings. The summed E-state index contributed by atoms with van der Waals surface area (Å²) < 4.78 is 18.4. The van der Waals surface area contributed by atoms with E-state index in [2.05, 4.69) is 15.3 Å². The summed E-state index contributed by atoms with van der Waals surface area (Å²) in [4.78, 5) is 8.32. The van der Waals surface area contributed by atoms with E-state index in [1.807, 2.05) is 26.0 Å². The van der Waals surface area contributed by atoms with E-state index in [1.165, 1.54) is 12.3 Å². The van der Waals surface area contributed by atoms with Crippen LogP contribution in [0.15, 0.2) is 36.7 Å². The van der Waals surface area contributed by atoms with Crippen molar-refractivity contribution >= 4 is 5.69 Å². The molecule has 5 heteroatoms. The van der Waals surface area contributed by atoms with Crippen LogP contribution in [0.4, 0.5) is 10.1 Å². The predicted octanol–water partition coefficient (Wildman–Crippen LogP) is 3.58. The van der Waals surface area contributed by atoms with E-state index in [1.54, 1.807) is 12.3 Å². The molecule has 0 aromatic carbocycles. The van der Waals surface area contributed by atoms with Crippen molar-refractivity contribution in [1.29, 1.82) is 0 Å². The average Bonchev–Trinajstić information content (AvgIpc) is 2.48. The summed E-state index contributed by atoms with van der Waals surface area (Å²) in [5, 5.41) is 3.35. The van der Waals surface area contributed by atoms with Crippen LogP contribution in [-0.2, 0) is 0 Å². The van der Waals surface area contributed by atoms with Gasteiger partial charge in [-0.15, -0.1) is 0 Å². The monoisotopic (exact) mass is 275 g/mol. The molecule has 0 saturated carbocycles. The minimum absolute atomic E-state index is 0.0148. The second kappa shape index (κ2) is 6.84. The molecule has 0 amide bonds. The number of anilines is 1. The average molecular weight is 275 g/mol. The number of nitrogens with zero attached hydrogens (tertiary/aromatic N) is 2. The molecule has 4 nitrogen and oxygen atoms in total. The number of hydrogen-bond acceptors (Lipinski definition) is 4. The zero-order valence-corrected chi connectivity index (χ0v) is 11.6. The van der Waals surface area contributed by atoms with Gasteiger partial charge in [0.1, 0.15) is 5.82 Å². The SMILES string of the molecule is CCOc1ncccc1NC(CC)c1ccc(F)cn1. The molecule has 0 bridgehead atoms. The van der Waals surface area contributed by atoms with E-state index < -0.39 is 0 Å². The standard InChI is InChI=1S/C15H18FN3O/c1-3-12(13-8-7-11(16)10-18-13)19-14-6-5-9-17-15(14)20-4-2/h5-10,12,19H,3-4H2,1-2H3. The van der Waals surface area contributed by atoms with Crippen LogP contribution >= 0.6 is 0 Å². The Morgan fingerprint density at radius 2 is 2.10 bits per heavy atom. The minimum atomic E-state index is -0.333. The minimum Gasteiger partial charge on any atom is -0.476 e. The first-order chi connectivity index (χ1) is 9.74. The number of nitrogens with one attached hydrogen (secondary N) is 1. The Labute approximate surface area is 118 Å². The van der Waals surface area contributed by atoms with E-state index in [4.69, 9.17) is 4.74 Å². The molecule has 20 heavy (non-hydrogen) atoms. The van der Waals surface area contributed by atoms with E-state index in [0.29, 0.717) is 12.5 Å². The van der Waals surface area contributed by atoms with E-state index in [-0.39, 0.29) is 11.9 Å². The van der Waals surface area contributed by atoms with Crippen LogP contribution in [0.3, 0.4) is 0 Å². The maximum absolute atomic E-state index is 12.9. The molecule has 0 fully saturated rings. The lowest BCUT2D eigenvalue weighted by Gasteiger charge is -2.19. The normalized spacial score (nSPS) is 11.9. The zero-order chi connectivity index (χ0) is 14.4. The lowest BCUT2D eigenvalue weighted by molar-refractivity contribution is 0.328. The fraction of sp³-hybridized carbons (Fsp3) is 0.333. The highest BCUT2D eigenvalue weighted by molar-refractivity contribution is 5.53. The summed E-state index contributed by atoms with van der Waals surface area (Å²) >= 11 is 0. The molecule has 0 aliphatic carbocycles. The van der Waals surface area contributed by atoms with Gasteiger partial charge < -0.3 is 10.1 Å². The van der Waals surface area contributed by atoms with Crippen LogP contribution in [0, 0.1) is 5.82 Å². The Kier molecular flexibility index (Phi) is 4.87. The van der Waals surface area contributed by atoms with Crippen molar-refractivity contribution in [3.63, 3.8) is 0 Å². The van der Waals surface area contributed by atoms with E-state index in [0.717, 1.165) is 17.8 Å². The van der Waals surface area contributed by atoms with Gasteiger partial charge in [0.2, 0.25) is 5.88 Å². The van der Waals surface area contributed by atoms with Crippen LogP contribution in [0.2, 0.25) is 0 Å².